The Bertz CT molecular complexity index is 2230. The third kappa shape index (κ3) is 5.52. The topological polar surface area (TPSA) is 90.3 Å². The number of aryl methyl sites for hydroxylation is 6. The summed E-state index contributed by atoms with van der Waals surface area (Å²) < 4.78 is 27.1. The number of fused-ring (bicyclic) bond motifs is 8. The van der Waals surface area contributed by atoms with Gasteiger partial charge in [0.25, 0.3) is 0 Å². The number of aromatic carboxylic acids is 1. The first-order chi connectivity index (χ1) is 23.0. The van der Waals surface area contributed by atoms with Crippen LogP contribution in [0.1, 0.15) is 50.8 Å². The maximum absolute atomic E-state index is 15.1. The molecule has 0 amide bonds. The van der Waals surface area contributed by atoms with Crippen LogP contribution in [0.5, 0.6) is 5.75 Å². The minimum absolute atomic E-state index is 0.209. The lowest BCUT2D eigenvalue weighted by Gasteiger charge is -2.16. The van der Waals surface area contributed by atoms with Crippen molar-refractivity contribution in [2.75, 3.05) is 13.7 Å². The second kappa shape index (κ2) is 12.4. The van der Waals surface area contributed by atoms with Crippen LogP contribution in [-0.4, -0.2) is 53.8 Å². The molecule has 248 valence electrons. The summed E-state index contributed by atoms with van der Waals surface area (Å²) in [5.41, 5.74) is 8.18. The van der Waals surface area contributed by atoms with Gasteiger partial charge in [0, 0.05) is 72.2 Å². The summed E-state index contributed by atoms with van der Waals surface area (Å²) >= 11 is 7.00. The van der Waals surface area contributed by atoms with Crippen LogP contribution in [0, 0.1) is 19.7 Å². The summed E-state index contributed by atoms with van der Waals surface area (Å²) in [5.74, 6) is -0.867. The van der Waals surface area contributed by atoms with Crippen LogP contribution in [-0.2, 0) is 46.6 Å². The minimum atomic E-state index is -1.01. The van der Waals surface area contributed by atoms with Crippen molar-refractivity contribution in [2.24, 2.45) is 14.1 Å². The number of benzene rings is 3. The van der Waals surface area contributed by atoms with Crippen LogP contribution in [0.3, 0.4) is 0 Å². The number of nitrogens with zero attached hydrogens (tertiary/aromatic N) is 6. The Labute approximate surface area is 283 Å². The fourth-order valence-corrected chi connectivity index (χ4v) is 7.54. The standard InChI is InChI=1S/C37H38ClFN6O3/c1-21-32-30-13-12-27(38)35(32)33-22(2)43(4)41-29(33)20-42(3)19-25-18-26(44(5)40-25)11-10-23-16-24-8-6-9-28(39)34(24)31(17-23)48-15-7-14-45(30)36(21)37(46)47/h6,8-9,12-13,16-18H,7,10-11,14-15,19-20H2,1-5H3,(H,46,47). The highest BCUT2D eigenvalue weighted by atomic mass is 35.5. The molecule has 0 fully saturated rings. The van der Waals surface area contributed by atoms with E-state index < -0.39 is 5.97 Å². The lowest BCUT2D eigenvalue weighted by Crippen LogP contribution is -2.18. The summed E-state index contributed by atoms with van der Waals surface area (Å²) in [7, 11) is 5.92. The normalized spacial score (nSPS) is 14.6. The van der Waals surface area contributed by atoms with Gasteiger partial charge in [-0.05, 0) is 87.0 Å². The maximum Gasteiger partial charge on any atom is 0.352 e. The monoisotopic (exact) mass is 668 g/mol. The first-order valence-electron chi connectivity index (χ1n) is 16.1. The smallest absolute Gasteiger partial charge is 0.352 e. The van der Waals surface area contributed by atoms with Gasteiger partial charge in [-0.15, -0.1) is 0 Å². The molecule has 0 saturated heterocycles. The summed E-state index contributed by atoms with van der Waals surface area (Å²) in [6.07, 6.45) is 1.99. The molecule has 0 saturated carbocycles. The second-order valence-electron chi connectivity index (χ2n) is 12.8. The van der Waals surface area contributed by atoms with Gasteiger partial charge in [0.1, 0.15) is 17.3 Å². The molecule has 0 spiro atoms. The highest BCUT2D eigenvalue weighted by Crippen LogP contribution is 2.42. The molecule has 8 bridgehead atoms. The van der Waals surface area contributed by atoms with Gasteiger partial charge in [-0.3, -0.25) is 14.3 Å². The predicted molar refractivity (Wildman–Crippen MR) is 185 cm³/mol. The van der Waals surface area contributed by atoms with Crippen molar-refractivity contribution in [3.05, 3.63) is 99.0 Å². The largest absolute Gasteiger partial charge is 0.493 e. The number of aromatic nitrogens is 5. The number of ether oxygens (including phenoxy) is 1. The first-order valence-corrected chi connectivity index (χ1v) is 16.5. The number of hydrogen-bond donors (Lipinski definition) is 1. The van der Waals surface area contributed by atoms with Crippen molar-refractivity contribution in [1.29, 1.82) is 0 Å². The fourth-order valence-electron chi connectivity index (χ4n) is 7.29. The van der Waals surface area contributed by atoms with Crippen LogP contribution in [0.4, 0.5) is 4.39 Å². The lowest BCUT2D eigenvalue weighted by atomic mass is 9.96. The summed E-state index contributed by atoms with van der Waals surface area (Å²) in [6.45, 7) is 5.65. The van der Waals surface area contributed by atoms with Gasteiger partial charge in [-0.2, -0.15) is 10.2 Å². The molecule has 1 aliphatic heterocycles. The van der Waals surface area contributed by atoms with Crippen LogP contribution in [0.2, 0.25) is 5.02 Å². The van der Waals surface area contributed by atoms with E-state index in [2.05, 4.69) is 11.0 Å². The number of hydrogen-bond acceptors (Lipinski definition) is 5. The molecule has 1 aliphatic rings. The molecular weight excluding hydrogens is 631 g/mol. The van der Waals surface area contributed by atoms with Gasteiger partial charge >= 0.3 is 5.97 Å². The zero-order valence-electron chi connectivity index (χ0n) is 27.8. The third-order valence-corrected chi connectivity index (χ3v) is 9.88. The predicted octanol–water partition coefficient (Wildman–Crippen LogP) is 7.24. The van der Waals surface area contributed by atoms with E-state index in [4.69, 9.17) is 26.5 Å². The fraction of sp³-hybridized carbons (Fsp3) is 0.324. The van der Waals surface area contributed by atoms with Crippen molar-refractivity contribution >= 4 is 39.2 Å². The second-order valence-corrected chi connectivity index (χ2v) is 13.2. The Morgan fingerprint density at radius 2 is 1.77 bits per heavy atom. The molecule has 0 radical (unpaired) electrons. The average Bonchev–Trinajstić information content (AvgIpc) is 3.62. The van der Waals surface area contributed by atoms with Crippen molar-refractivity contribution in [3.8, 4) is 16.9 Å². The molecule has 0 aliphatic carbocycles. The third-order valence-electron chi connectivity index (χ3n) is 9.56. The van der Waals surface area contributed by atoms with Gasteiger partial charge in [0.2, 0.25) is 0 Å². The molecule has 0 atom stereocenters. The van der Waals surface area contributed by atoms with E-state index in [1.807, 2.05) is 79.3 Å². The van der Waals surface area contributed by atoms with Crippen molar-refractivity contribution < 1.29 is 19.0 Å². The Hall–Kier alpha value is -4.67. The molecular formula is C37H38ClFN6O3. The number of halogens is 2. The van der Waals surface area contributed by atoms with Gasteiger partial charge in [0.05, 0.1) is 23.4 Å². The van der Waals surface area contributed by atoms with E-state index in [1.54, 1.807) is 6.07 Å². The highest BCUT2D eigenvalue weighted by molar-refractivity contribution is 6.35. The average molecular weight is 669 g/mol. The van der Waals surface area contributed by atoms with Crippen molar-refractivity contribution in [1.82, 2.24) is 29.0 Å². The number of carbonyl (C=O) groups is 1. The summed E-state index contributed by atoms with van der Waals surface area (Å²) in [4.78, 5) is 14.9. The molecule has 6 aromatic rings. The van der Waals surface area contributed by atoms with Crippen molar-refractivity contribution in [2.45, 2.75) is 52.7 Å². The van der Waals surface area contributed by atoms with Gasteiger partial charge in [0.15, 0.2) is 0 Å². The van der Waals surface area contributed by atoms with Crippen molar-refractivity contribution in [3.63, 3.8) is 0 Å². The minimum Gasteiger partial charge on any atom is -0.493 e. The van der Waals surface area contributed by atoms with Crippen LogP contribution in [0.25, 0.3) is 32.8 Å². The van der Waals surface area contributed by atoms with Crippen LogP contribution < -0.4 is 4.74 Å². The highest BCUT2D eigenvalue weighted by Gasteiger charge is 2.27. The zero-order chi connectivity index (χ0) is 33.9. The van der Waals surface area contributed by atoms with Crippen LogP contribution >= 0.6 is 11.6 Å². The molecule has 48 heavy (non-hydrogen) atoms. The molecule has 3 aromatic carbocycles. The molecule has 0 unspecified atom stereocenters. The molecule has 7 rings (SSSR count). The Morgan fingerprint density at radius 3 is 2.56 bits per heavy atom. The lowest BCUT2D eigenvalue weighted by molar-refractivity contribution is 0.0684. The van der Waals surface area contributed by atoms with Crippen LogP contribution in [0.15, 0.2) is 48.5 Å². The SMILES string of the molecule is Cc1c(C(=O)O)n2c3ccc(Cl)c(c13)-c1c(nn(C)c1C)CN(C)Cc1cc(n(C)n1)CCc1cc(c3c(F)cccc3c1)OCCC2. The first kappa shape index (κ1) is 31.9. The molecule has 9 nitrogen and oxygen atoms in total. The molecule has 4 heterocycles. The van der Waals surface area contributed by atoms with E-state index >= 15 is 4.39 Å². The Kier molecular flexibility index (Phi) is 8.25. The van der Waals surface area contributed by atoms with Gasteiger partial charge in [-0.25, -0.2) is 9.18 Å². The molecule has 3 aromatic heterocycles. The number of carboxylic acids is 1. The summed E-state index contributed by atoms with van der Waals surface area (Å²) in [6, 6.07) is 14.9. The van der Waals surface area contributed by atoms with E-state index in [0.29, 0.717) is 47.8 Å². The zero-order valence-corrected chi connectivity index (χ0v) is 28.5. The van der Waals surface area contributed by atoms with Gasteiger partial charge in [-0.1, -0.05) is 29.8 Å². The molecule has 1 N–H and O–H groups in total. The molecule has 11 heteroatoms. The summed E-state index contributed by atoms with van der Waals surface area (Å²) in [5, 5.41) is 22.7. The Morgan fingerprint density at radius 1 is 0.958 bits per heavy atom. The van der Waals surface area contributed by atoms with E-state index in [1.165, 1.54) is 6.07 Å². The van der Waals surface area contributed by atoms with Gasteiger partial charge < -0.3 is 14.4 Å². The maximum atomic E-state index is 15.1. The number of rotatable bonds is 1. The van der Waals surface area contributed by atoms with E-state index in [9.17, 15) is 9.90 Å². The number of carboxylic acid groups (broad SMARTS) is 1. The Balaban J connectivity index is 1.38. The van der Waals surface area contributed by atoms with E-state index in [-0.39, 0.29) is 18.1 Å². The quantitative estimate of drug-likeness (QED) is 0.199. The van der Waals surface area contributed by atoms with E-state index in [0.717, 1.165) is 68.6 Å².